The third-order valence-electron chi connectivity index (χ3n) is 4.04. The minimum Gasteiger partial charge on any atom is -0.493 e. The number of rotatable bonds is 8. The lowest BCUT2D eigenvalue weighted by Gasteiger charge is -2.17. The molecule has 0 saturated heterocycles. The number of nitrogens with one attached hydrogen (secondary N) is 1. The highest BCUT2D eigenvalue weighted by Crippen LogP contribution is 2.30. The summed E-state index contributed by atoms with van der Waals surface area (Å²) in [5.41, 5.74) is 1.26. The van der Waals surface area contributed by atoms with Crippen LogP contribution in [0.15, 0.2) is 47.4 Å². The van der Waals surface area contributed by atoms with E-state index in [9.17, 15) is 13.2 Å². The highest BCUT2D eigenvalue weighted by atomic mass is 32.2. The number of hydrogen-bond donors (Lipinski definition) is 1. The first kappa shape index (κ1) is 20.8. The van der Waals surface area contributed by atoms with Gasteiger partial charge in [0.2, 0.25) is 0 Å². The van der Waals surface area contributed by atoms with Crippen molar-refractivity contribution in [1.29, 1.82) is 0 Å². The molecule has 0 aliphatic heterocycles. The zero-order valence-corrected chi connectivity index (χ0v) is 16.8. The Labute approximate surface area is 160 Å². The molecule has 1 N–H and O–H groups in total. The van der Waals surface area contributed by atoms with Crippen LogP contribution in [0.3, 0.4) is 0 Å². The maximum Gasteiger partial charge on any atom is 0.251 e. The summed E-state index contributed by atoms with van der Waals surface area (Å²) in [4.78, 5) is 12.6. The van der Waals surface area contributed by atoms with Gasteiger partial charge in [0.05, 0.1) is 24.7 Å². The number of hydrogen-bond acceptors (Lipinski definition) is 5. The maximum absolute atomic E-state index is 12.4. The topological polar surface area (TPSA) is 81.7 Å². The van der Waals surface area contributed by atoms with E-state index in [1.54, 1.807) is 7.11 Å². The van der Waals surface area contributed by atoms with Gasteiger partial charge in [-0.15, -0.1) is 0 Å². The van der Waals surface area contributed by atoms with Crippen LogP contribution in [0.4, 0.5) is 0 Å². The van der Waals surface area contributed by atoms with Gasteiger partial charge in [0.25, 0.3) is 5.91 Å². The highest BCUT2D eigenvalue weighted by Gasteiger charge is 2.15. The molecule has 27 heavy (non-hydrogen) atoms. The van der Waals surface area contributed by atoms with Gasteiger partial charge in [-0.1, -0.05) is 13.0 Å². The Morgan fingerprint density at radius 1 is 1.11 bits per heavy atom. The molecule has 7 heteroatoms. The summed E-state index contributed by atoms with van der Waals surface area (Å²) in [6, 6.07) is 11.1. The summed E-state index contributed by atoms with van der Waals surface area (Å²) in [5.74, 6) is 0.991. The van der Waals surface area contributed by atoms with E-state index in [1.165, 1.54) is 24.3 Å². The fourth-order valence-corrected chi connectivity index (χ4v) is 3.13. The van der Waals surface area contributed by atoms with E-state index in [4.69, 9.17) is 9.47 Å². The minimum absolute atomic E-state index is 0.180. The van der Waals surface area contributed by atoms with Crippen molar-refractivity contribution in [1.82, 2.24) is 5.32 Å². The van der Waals surface area contributed by atoms with Crippen LogP contribution in [-0.2, 0) is 9.84 Å². The maximum atomic E-state index is 12.4. The fourth-order valence-electron chi connectivity index (χ4n) is 2.50. The average molecular weight is 391 g/mol. The zero-order valence-electron chi connectivity index (χ0n) is 16.0. The molecule has 0 aromatic heterocycles. The normalized spacial score (nSPS) is 12.3. The highest BCUT2D eigenvalue weighted by molar-refractivity contribution is 7.90. The molecule has 1 amide bonds. The molecule has 2 aromatic rings. The summed E-state index contributed by atoms with van der Waals surface area (Å²) in [7, 11) is -1.71. The van der Waals surface area contributed by atoms with Crippen LogP contribution < -0.4 is 14.8 Å². The first-order valence-corrected chi connectivity index (χ1v) is 10.6. The summed E-state index contributed by atoms with van der Waals surface area (Å²) >= 11 is 0. The van der Waals surface area contributed by atoms with Crippen LogP contribution in [-0.4, -0.2) is 34.3 Å². The first-order chi connectivity index (χ1) is 12.8. The van der Waals surface area contributed by atoms with Gasteiger partial charge in [-0.05, 0) is 55.3 Å². The minimum atomic E-state index is -3.29. The third kappa shape index (κ3) is 5.47. The van der Waals surface area contributed by atoms with Crippen molar-refractivity contribution in [3.8, 4) is 11.5 Å². The Bertz CT molecular complexity index is 891. The molecule has 1 atom stereocenters. The van der Waals surface area contributed by atoms with Crippen LogP contribution in [0.25, 0.3) is 0 Å². The van der Waals surface area contributed by atoms with Gasteiger partial charge in [-0.2, -0.15) is 0 Å². The van der Waals surface area contributed by atoms with Crippen molar-refractivity contribution in [3.05, 3.63) is 53.6 Å². The van der Waals surface area contributed by atoms with Crippen LogP contribution in [0.1, 0.15) is 42.2 Å². The molecule has 0 heterocycles. The van der Waals surface area contributed by atoms with Crippen molar-refractivity contribution >= 4 is 15.7 Å². The Morgan fingerprint density at radius 2 is 1.78 bits per heavy atom. The van der Waals surface area contributed by atoms with Crippen molar-refractivity contribution in [2.24, 2.45) is 0 Å². The number of benzene rings is 2. The standard InChI is InChI=1S/C20H25NO5S/c1-5-12-26-18-11-8-16(13-19(18)25-3)14(2)21-20(22)15-6-9-17(10-7-15)27(4,23)24/h6-11,13-14H,5,12H2,1-4H3,(H,21,22)/t14-/m0/s1. The molecule has 6 nitrogen and oxygen atoms in total. The molecule has 0 spiro atoms. The second-order valence-electron chi connectivity index (χ2n) is 6.25. The van der Waals surface area contributed by atoms with E-state index >= 15 is 0 Å². The Hall–Kier alpha value is -2.54. The molecule has 0 bridgehead atoms. The van der Waals surface area contributed by atoms with Gasteiger partial charge < -0.3 is 14.8 Å². The quantitative estimate of drug-likeness (QED) is 0.746. The number of carbonyl (C=O) groups is 1. The summed E-state index contributed by atoms with van der Waals surface area (Å²) in [6.45, 7) is 4.50. The lowest BCUT2D eigenvalue weighted by molar-refractivity contribution is 0.0939. The van der Waals surface area contributed by atoms with E-state index in [-0.39, 0.29) is 16.8 Å². The second-order valence-corrected chi connectivity index (χ2v) is 8.27. The van der Waals surface area contributed by atoms with Crippen LogP contribution in [0, 0.1) is 0 Å². The number of ether oxygens (including phenoxy) is 2. The molecule has 146 valence electrons. The first-order valence-electron chi connectivity index (χ1n) is 8.68. The Morgan fingerprint density at radius 3 is 2.33 bits per heavy atom. The van der Waals surface area contributed by atoms with Crippen LogP contribution in [0.5, 0.6) is 11.5 Å². The number of carbonyl (C=O) groups excluding carboxylic acids is 1. The number of methoxy groups -OCH3 is 1. The Kier molecular flexibility index (Phi) is 6.85. The second kappa shape index (κ2) is 8.90. The molecule has 2 rings (SSSR count). The molecular formula is C20H25NO5S. The van der Waals surface area contributed by atoms with Gasteiger partial charge in [-0.25, -0.2) is 8.42 Å². The predicted molar refractivity (Wildman–Crippen MR) is 104 cm³/mol. The van der Waals surface area contributed by atoms with E-state index in [2.05, 4.69) is 5.32 Å². The predicted octanol–water partition coefficient (Wildman–Crippen LogP) is 3.38. The summed E-state index contributed by atoms with van der Waals surface area (Å²) in [5, 5.41) is 2.90. The van der Waals surface area contributed by atoms with Gasteiger partial charge in [0, 0.05) is 11.8 Å². The zero-order chi connectivity index (χ0) is 20.0. The monoisotopic (exact) mass is 391 g/mol. The fraction of sp³-hybridized carbons (Fsp3) is 0.350. The third-order valence-corrected chi connectivity index (χ3v) is 5.17. The van der Waals surface area contributed by atoms with Crippen LogP contribution >= 0.6 is 0 Å². The van der Waals surface area contributed by atoms with Crippen molar-refractivity contribution in [3.63, 3.8) is 0 Å². The molecule has 0 unspecified atom stereocenters. The lowest BCUT2D eigenvalue weighted by Crippen LogP contribution is -2.26. The SMILES string of the molecule is CCCOc1ccc([C@H](C)NC(=O)c2ccc(S(C)(=O)=O)cc2)cc1OC. The largest absolute Gasteiger partial charge is 0.493 e. The van der Waals surface area contributed by atoms with E-state index in [1.807, 2.05) is 32.0 Å². The van der Waals surface area contributed by atoms with Crippen molar-refractivity contribution < 1.29 is 22.7 Å². The molecule has 2 aromatic carbocycles. The summed E-state index contributed by atoms with van der Waals surface area (Å²) in [6.07, 6.45) is 2.03. The smallest absolute Gasteiger partial charge is 0.251 e. The lowest BCUT2D eigenvalue weighted by atomic mass is 10.1. The number of sulfone groups is 1. The molecule has 0 radical (unpaired) electrons. The van der Waals surface area contributed by atoms with Gasteiger partial charge >= 0.3 is 0 Å². The molecule has 0 fully saturated rings. The van der Waals surface area contributed by atoms with E-state index in [0.717, 1.165) is 18.2 Å². The van der Waals surface area contributed by atoms with Gasteiger partial charge in [0.1, 0.15) is 0 Å². The van der Waals surface area contributed by atoms with Crippen LogP contribution in [0.2, 0.25) is 0 Å². The van der Waals surface area contributed by atoms with Crippen molar-refractivity contribution in [2.45, 2.75) is 31.2 Å². The summed E-state index contributed by atoms with van der Waals surface area (Å²) < 4.78 is 34.0. The van der Waals surface area contributed by atoms with E-state index in [0.29, 0.717) is 23.7 Å². The van der Waals surface area contributed by atoms with Gasteiger partial charge in [-0.3, -0.25) is 4.79 Å². The van der Waals surface area contributed by atoms with Crippen molar-refractivity contribution in [2.75, 3.05) is 20.0 Å². The molecule has 0 saturated carbocycles. The Balaban J connectivity index is 2.11. The molecule has 0 aliphatic rings. The number of amides is 1. The molecule has 0 aliphatic carbocycles. The van der Waals surface area contributed by atoms with Gasteiger partial charge in [0.15, 0.2) is 21.3 Å². The van der Waals surface area contributed by atoms with E-state index < -0.39 is 9.84 Å². The average Bonchev–Trinajstić information content (AvgIpc) is 2.65. The molecular weight excluding hydrogens is 366 g/mol.